The molecule has 0 aliphatic rings. The SMILES string of the molecule is C=CCC/C=C(\I)CO. The average molecular weight is 238 g/mol. The van der Waals surface area contributed by atoms with E-state index >= 15 is 0 Å². The van der Waals surface area contributed by atoms with E-state index in [2.05, 4.69) is 29.2 Å². The van der Waals surface area contributed by atoms with Gasteiger partial charge in [0, 0.05) is 3.58 Å². The molecule has 0 aromatic carbocycles. The molecule has 1 N–H and O–H groups in total. The first-order chi connectivity index (χ1) is 4.31. The molecule has 0 atom stereocenters. The summed E-state index contributed by atoms with van der Waals surface area (Å²) in [4.78, 5) is 0. The van der Waals surface area contributed by atoms with Crippen LogP contribution in [-0.2, 0) is 0 Å². The van der Waals surface area contributed by atoms with E-state index in [1.54, 1.807) is 0 Å². The summed E-state index contributed by atoms with van der Waals surface area (Å²) in [7, 11) is 0. The normalized spacial score (nSPS) is 11.6. The second-order valence-electron chi connectivity index (χ2n) is 1.68. The largest absolute Gasteiger partial charge is 0.391 e. The van der Waals surface area contributed by atoms with Crippen molar-refractivity contribution in [3.63, 3.8) is 0 Å². The lowest BCUT2D eigenvalue weighted by Gasteiger charge is -1.89. The molecule has 0 aliphatic heterocycles. The van der Waals surface area contributed by atoms with Gasteiger partial charge in [-0.15, -0.1) is 6.58 Å². The predicted molar refractivity (Wildman–Crippen MR) is 48.6 cm³/mol. The van der Waals surface area contributed by atoms with Gasteiger partial charge < -0.3 is 5.11 Å². The van der Waals surface area contributed by atoms with Gasteiger partial charge in [-0.2, -0.15) is 0 Å². The molecule has 0 bridgehead atoms. The molecule has 0 amide bonds. The number of hydrogen-bond acceptors (Lipinski definition) is 1. The van der Waals surface area contributed by atoms with Gasteiger partial charge in [-0.05, 0) is 35.4 Å². The van der Waals surface area contributed by atoms with Gasteiger partial charge in [-0.25, -0.2) is 0 Å². The first-order valence-electron chi connectivity index (χ1n) is 2.87. The van der Waals surface area contributed by atoms with E-state index in [0.29, 0.717) is 0 Å². The van der Waals surface area contributed by atoms with Gasteiger partial charge >= 0.3 is 0 Å². The van der Waals surface area contributed by atoms with Crippen molar-refractivity contribution in [2.75, 3.05) is 6.61 Å². The van der Waals surface area contributed by atoms with Crippen LogP contribution in [-0.4, -0.2) is 11.7 Å². The summed E-state index contributed by atoms with van der Waals surface area (Å²) in [5, 5.41) is 8.53. The minimum absolute atomic E-state index is 0.164. The number of hydrogen-bond donors (Lipinski definition) is 1. The first-order valence-corrected chi connectivity index (χ1v) is 3.95. The molecule has 0 rings (SSSR count). The topological polar surface area (TPSA) is 20.2 Å². The monoisotopic (exact) mass is 238 g/mol. The molecule has 0 aromatic heterocycles. The van der Waals surface area contributed by atoms with Gasteiger partial charge in [0.1, 0.15) is 0 Å². The Balaban J connectivity index is 3.31. The van der Waals surface area contributed by atoms with Gasteiger partial charge in [0.15, 0.2) is 0 Å². The molecule has 2 heteroatoms. The molecule has 9 heavy (non-hydrogen) atoms. The van der Waals surface area contributed by atoms with E-state index in [1.807, 2.05) is 12.2 Å². The van der Waals surface area contributed by atoms with Crippen molar-refractivity contribution in [2.45, 2.75) is 12.8 Å². The van der Waals surface area contributed by atoms with E-state index in [9.17, 15) is 0 Å². The highest BCUT2D eigenvalue weighted by molar-refractivity contribution is 14.1. The van der Waals surface area contributed by atoms with Crippen molar-refractivity contribution in [2.24, 2.45) is 0 Å². The number of rotatable bonds is 4. The second kappa shape index (κ2) is 6.29. The Morgan fingerprint density at radius 1 is 1.56 bits per heavy atom. The zero-order valence-corrected chi connectivity index (χ0v) is 7.47. The lowest BCUT2D eigenvalue weighted by Crippen LogP contribution is -1.78. The molecule has 0 spiro atoms. The van der Waals surface area contributed by atoms with Crippen LogP contribution < -0.4 is 0 Å². The molecule has 0 unspecified atom stereocenters. The summed E-state index contributed by atoms with van der Waals surface area (Å²) in [6.07, 6.45) is 5.87. The fourth-order valence-corrected chi connectivity index (χ4v) is 0.734. The van der Waals surface area contributed by atoms with Crippen LogP contribution in [0.3, 0.4) is 0 Å². The maximum atomic E-state index is 8.53. The molecular weight excluding hydrogens is 227 g/mol. The maximum Gasteiger partial charge on any atom is 0.0735 e. The van der Waals surface area contributed by atoms with E-state index < -0.39 is 0 Å². The van der Waals surface area contributed by atoms with Crippen molar-refractivity contribution < 1.29 is 5.11 Å². The third kappa shape index (κ3) is 6.05. The summed E-state index contributed by atoms with van der Waals surface area (Å²) in [6, 6.07) is 0. The molecule has 1 nitrogen and oxygen atoms in total. The Kier molecular flexibility index (Phi) is 6.41. The van der Waals surface area contributed by atoms with E-state index in [1.165, 1.54) is 0 Å². The third-order valence-electron chi connectivity index (χ3n) is 0.888. The lowest BCUT2D eigenvalue weighted by atomic mass is 10.3. The smallest absolute Gasteiger partial charge is 0.0735 e. The highest BCUT2D eigenvalue weighted by Gasteiger charge is 1.83. The zero-order chi connectivity index (χ0) is 7.11. The Morgan fingerprint density at radius 3 is 2.67 bits per heavy atom. The Morgan fingerprint density at radius 2 is 2.22 bits per heavy atom. The van der Waals surface area contributed by atoms with Crippen LogP contribution in [0.4, 0.5) is 0 Å². The highest BCUT2D eigenvalue weighted by atomic mass is 127. The van der Waals surface area contributed by atoms with Crippen LogP contribution in [0.25, 0.3) is 0 Å². The first kappa shape index (κ1) is 9.17. The van der Waals surface area contributed by atoms with Gasteiger partial charge in [0.2, 0.25) is 0 Å². The molecule has 0 heterocycles. The van der Waals surface area contributed by atoms with E-state index in [0.717, 1.165) is 16.4 Å². The minimum atomic E-state index is 0.164. The number of aliphatic hydroxyl groups is 1. The van der Waals surface area contributed by atoms with E-state index in [-0.39, 0.29) is 6.61 Å². The van der Waals surface area contributed by atoms with Gasteiger partial charge in [-0.3, -0.25) is 0 Å². The van der Waals surface area contributed by atoms with Crippen molar-refractivity contribution in [1.29, 1.82) is 0 Å². The molecule has 0 aliphatic carbocycles. The summed E-state index contributed by atoms with van der Waals surface area (Å²) < 4.78 is 1.01. The van der Waals surface area contributed by atoms with Crippen molar-refractivity contribution in [3.05, 3.63) is 22.3 Å². The summed E-state index contributed by atoms with van der Waals surface area (Å²) in [6.45, 7) is 3.75. The van der Waals surface area contributed by atoms with Crippen LogP contribution in [0, 0.1) is 0 Å². The quantitative estimate of drug-likeness (QED) is 0.452. The average Bonchev–Trinajstić information content (AvgIpc) is 1.89. The lowest BCUT2D eigenvalue weighted by molar-refractivity contribution is 0.341. The van der Waals surface area contributed by atoms with Crippen LogP contribution in [0.2, 0.25) is 0 Å². The van der Waals surface area contributed by atoms with Crippen LogP contribution in [0.15, 0.2) is 22.3 Å². The molecule has 0 fully saturated rings. The van der Waals surface area contributed by atoms with E-state index in [4.69, 9.17) is 5.11 Å². The van der Waals surface area contributed by atoms with Crippen molar-refractivity contribution in [3.8, 4) is 0 Å². The molecule has 0 radical (unpaired) electrons. The predicted octanol–water partition coefficient (Wildman–Crippen LogP) is 2.26. The summed E-state index contributed by atoms with van der Waals surface area (Å²) in [5.41, 5.74) is 0. The zero-order valence-electron chi connectivity index (χ0n) is 5.31. The fourth-order valence-electron chi connectivity index (χ4n) is 0.422. The van der Waals surface area contributed by atoms with Gasteiger partial charge in [0.05, 0.1) is 6.61 Å². The van der Waals surface area contributed by atoms with Crippen LogP contribution >= 0.6 is 22.6 Å². The van der Waals surface area contributed by atoms with Crippen molar-refractivity contribution >= 4 is 22.6 Å². The Hall–Kier alpha value is 0.170. The fraction of sp³-hybridized carbons (Fsp3) is 0.429. The Labute approximate surface area is 69.6 Å². The number of aliphatic hydroxyl groups excluding tert-OH is 1. The van der Waals surface area contributed by atoms with Crippen LogP contribution in [0.1, 0.15) is 12.8 Å². The standard InChI is InChI=1S/C7H11IO/c1-2-3-4-5-7(8)6-9/h2,5,9H,1,3-4,6H2/b7-5-. The number of allylic oxidation sites excluding steroid dienone is 2. The summed E-state index contributed by atoms with van der Waals surface area (Å²) in [5.74, 6) is 0. The molecular formula is C7H11IO. The molecule has 52 valence electrons. The Bertz CT molecular complexity index is 107. The molecule has 0 saturated heterocycles. The third-order valence-corrected chi connectivity index (χ3v) is 1.67. The number of unbranched alkanes of at least 4 members (excludes halogenated alkanes) is 1. The van der Waals surface area contributed by atoms with Gasteiger partial charge in [-0.1, -0.05) is 12.2 Å². The minimum Gasteiger partial charge on any atom is -0.391 e. The second-order valence-corrected chi connectivity index (χ2v) is 3.06. The number of halogens is 1. The van der Waals surface area contributed by atoms with Gasteiger partial charge in [0.25, 0.3) is 0 Å². The van der Waals surface area contributed by atoms with Crippen LogP contribution in [0.5, 0.6) is 0 Å². The maximum absolute atomic E-state index is 8.53. The molecule has 0 saturated carbocycles. The summed E-state index contributed by atoms with van der Waals surface area (Å²) >= 11 is 2.12. The van der Waals surface area contributed by atoms with Crippen molar-refractivity contribution in [1.82, 2.24) is 0 Å². The molecule has 0 aromatic rings. The highest BCUT2D eigenvalue weighted by Crippen LogP contribution is 2.06.